The second kappa shape index (κ2) is 4.35. The normalized spacial score (nSPS) is 12.7. The van der Waals surface area contributed by atoms with E-state index >= 15 is 0 Å². The molecule has 0 amide bonds. The Bertz CT molecular complexity index is 843. The maximum Gasteiger partial charge on any atom is 0.433 e. The highest BCUT2D eigenvalue weighted by atomic mass is 16.6. The lowest BCUT2D eigenvalue weighted by molar-refractivity contribution is -0.402. The Morgan fingerprint density at radius 3 is 2.75 bits per heavy atom. The standard InChI is InChI=1S/C12H8N2O6/c15-11(8-3-4-10(19-8)14(17)18)6-1-2-7-9(5-6)20-12(16)13-7/h1-5,11,15H,(H,13,16). The van der Waals surface area contributed by atoms with E-state index in [1.807, 2.05) is 0 Å². The second-order valence-corrected chi connectivity index (χ2v) is 4.11. The van der Waals surface area contributed by atoms with Crippen LogP contribution in [-0.2, 0) is 0 Å². The number of aromatic nitrogens is 1. The van der Waals surface area contributed by atoms with E-state index in [1.54, 1.807) is 12.1 Å². The molecular weight excluding hydrogens is 268 g/mol. The number of fused-ring (bicyclic) bond motifs is 1. The first-order valence-electron chi connectivity index (χ1n) is 5.59. The van der Waals surface area contributed by atoms with E-state index in [-0.39, 0.29) is 11.3 Å². The number of rotatable bonds is 3. The Hall–Kier alpha value is -2.87. The quantitative estimate of drug-likeness (QED) is 0.554. The molecule has 8 heteroatoms. The maximum absolute atomic E-state index is 11.0. The molecule has 0 spiro atoms. The summed E-state index contributed by atoms with van der Waals surface area (Å²) in [6.45, 7) is 0. The van der Waals surface area contributed by atoms with Crippen molar-refractivity contribution < 1.29 is 18.9 Å². The monoisotopic (exact) mass is 276 g/mol. The molecule has 0 fully saturated rings. The van der Waals surface area contributed by atoms with Crippen LogP contribution in [0.15, 0.2) is 44.0 Å². The summed E-state index contributed by atoms with van der Waals surface area (Å²) in [7, 11) is 0. The Morgan fingerprint density at radius 1 is 1.25 bits per heavy atom. The van der Waals surface area contributed by atoms with Crippen LogP contribution in [0.5, 0.6) is 0 Å². The molecule has 102 valence electrons. The lowest BCUT2D eigenvalue weighted by Crippen LogP contribution is -1.97. The van der Waals surface area contributed by atoms with Crippen molar-refractivity contribution in [3.05, 3.63) is 62.3 Å². The van der Waals surface area contributed by atoms with Crippen LogP contribution in [0, 0.1) is 10.1 Å². The van der Waals surface area contributed by atoms with Crippen LogP contribution >= 0.6 is 0 Å². The highest BCUT2D eigenvalue weighted by molar-refractivity contribution is 5.73. The molecule has 3 rings (SSSR count). The summed E-state index contributed by atoms with van der Waals surface area (Å²) in [5.41, 5.74) is 1.17. The van der Waals surface area contributed by atoms with Crippen molar-refractivity contribution in [3.8, 4) is 0 Å². The van der Waals surface area contributed by atoms with Gasteiger partial charge in [0.15, 0.2) is 5.58 Å². The molecule has 20 heavy (non-hydrogen) atoms. The maximum atomic E-state index is 11.0. The van der Waals surface area contributed by atoms with Crippen molar-refractivity contribution in [1.29, 1.82) is 0 Å². The van der Waals surface area contributed by atoms with Crippen molar-refractivity contribution in [2.75, 3.05) is 0 Å². The number of nitrogens with zero attached hydrogens (tertiary/aromatic N) is 1. The van der Waals surface area contributed by atoms with E-state index in [0.717, 1.165) is 6.07 Å². The van der Waals surface area contributed by atoms with E-state index in [4.69, 9.17) is 8.83 Å². The van der Waals surface area contributed by atoms with Gasteiger partial charge in [-0.2, -0.15) is 0 Å². The van der Waals surface area contributed by atoms with Crippen molar-refractivity contribution in [3.63, 3.8) is 0 Å². The van der Waals surface area contributed by atoms with Gasteiger partial charge in [0, 0.05) is 0 Å². The summed E-state index contributed by atoms with van der Waals surface area (Å²) in [6, 6.07) is 7.07. The van der Waals surface area contributed by atoms with Gasteiger partial charge in [-0.25, -0.2) is 4.79 Å². The molecule has 0 radical (unpaired) electrons. The molecule has 3 aromatic rings. The van der Waals surface area contributed by atoms with Crippen LogP contribution in [-0.4, -0.2) is 15.0 Å². The van der Waals surface area contributed by atoms with Crippen molar-refractivity contribution in [2.45, 2.75) is 6.10 Å². The van der Waals surface area contributed by atoms with Crippen LogP contribution < -0.4 is 5.76 Å². The molecular formula is C12H8N2O6. The number of hydrogen-bond acceptors (Lipinski definition) is 6. The average Bonchev–Trinajstić information content (AvgIpc) is 3.02. The fourth-order valence-corrected chi connectivity index (χ4v) is 1.88. The van der Waals surface area contributed by atoms with Gasteiger partial charge in [0.2, 0.25) is 0 Å². The molecule has 0 aliphatic heterocycles. The van der Waals surface area contributed by atoms with E-state index in [9.17, 15) is 20.0 Å². The first-order valence-corrected chi connectivity index (χ1v) is 5.59. The van der Waals surface area contributed by atoms with Crippen molar-refractivity contribution in [1.82, 2.24) is 4.98 Å². The summed E-state index contributed by atoms with van der Waals surface area (Å²) >= 11 is 0. The molecule has 1 aromatic carbocycles. The average molecular weight is 276 g/mol. The zero-order chi connectivity index (χ0) is 14.3. The van der Waals surface area contributed by atoms with E-state index < -0.39 is 22.7 Å². The number of nitro groups is 1. The van der Waals surface area contributed by atoms with Gasteiger partial charge in [0.25, 0.3) is 0 Å². The Morgan fingerprint density at radius 2 is 2.05 bits per heavy atom. The number of aromatic amines is 1. The third-order valence-electron chi connectivity index (χ3n) is 2.82. The van der Waals surface area contributed by atoms with Crippen LogP contribution in [0.1, 0.15) is 17.4 Å². The van der Waals surface area contributed by atoms with Crippen LogP contribution in [0.3, 0.4) is 0 Å². The smallest absolute Gasteiger partial charge is 0.408 e. The minimum Gasteiger partial charge on any atom is -0.408 e. The van der Waals surface area contributed by atoms with Crippen molar-refractivity contribution >= 4 is 17.0 Å². The number of nitrogens with one attached hydrogen (secondary N) is 1. The topological polar surface area (TPSA) is 123 Å². The number of hydrogen-bond donors (Lipinski definition) is 2. The van der Waals surface area contributed by atoms with Gasteiger partial charge in [-0.05, 0) is 23.8 Å². The SMILES string of the molecule is O=c1[nH]c2ccc(C(O)c3ccc([N+](=O)[O-])o3)cc2o1. The second-order valence-electron chi connectivity index (χ2n) is 4.11. The summed E-state index contributed by atoms with van der Waals surface area (Å²) in [5, 5.41) is 20.6. The number of benzene rings is 1. The summed E-state index contributed by atoms with van der Waals surface area (Å²) < 4.78 is 9.81. The predicted octanol–water partition coefficient (Wildman–Crippen LogP) is 1.70. The first-order chi connectivity index (χ1) is 9.54. The van der Waals surface area contributed by atoms with Gasteiger partial charge in [0.05, 0.1) is 11.6 Å². The van der Waals surface area contributed by atoms with E-state index in [0.29, 0.717) is 11.1 Å². The number of H-pyrrole nitrogens is 1. The highest BCUT2D eigenvalue weighted by Crippen LogP contribution is 2.28. The third kappa shape index (κ3) is 1.97. The van der Waals surface area contributed by atoms with Crippen LogP contribution in [0.4, 0.5) is 5.88 Å². The number of oxazole rings is 1. The fourth-order valence-electron chi connectivity index (χ4n) is 1.88. The van der Waals surface area contributed by atoms with Crippen LogP contribution in [0.2, 0.25) is 0 Å². The first kappa shape index (κ1) is 12.2. The number of aliphatic hydroxyl groups excluding tert-OH is 1. The summed E-state index contributed by atoms with van der Waals surface area (Å²) in [4.78, 5) is 23.3. The molecule has 0 aliphatic carbocycles. The van der Waals surface area contributed by atoms with Crippen LogP contribution in [0.25, 0.3) is 11.1 Å². The third-order valence-corrected chi connectivity index (χ3v) is 2.82. The number of aliphatic hydroxyl groups is 1. The lowest BCUT2D eigenvalue weighted by atomic mass is 10.1. The lowest BCUT2D eigenvalue weighted by Gasteiger charge is -2.06. The molecule has 2 heterocycles. The Kier molecular flexibility index (Phi) is 2.65. The summed E-state index contributed by atoms with van der Waals surface area (Å²) in [6.07, 6.45) is -1.19. The van der Waals surface area contributed by atoms with Crippen molar-refractivity contribution in [2.24, 2.45) is 0 Å². The molecule has 0 aliphatic rings. The predicted molar refractivity (Wildman–Crippen MR) is 66.3 cm³/mol. The Balaban J connectivity index is 1.99. The molecule has 1 atom stereocenters. The minimum absolute atomic E-state index is 0.0360. The fraction of sp³-hybridized carbons (Fsp3) is 0.0833. The molecule has 2 N–H and O–H groups in total. The van der Waals surface area contributed by atoms with E-state index in [2.05, 4.69) is 4.98 Å². The minimum atomic E-state index is -1.19. The van der Waals surface area contributed by atoms with Gasteiger partial charge in [-0.15, -0.1) is 0 Å². The molecule has 8 nitrogen and oxygen atoms in total. The highest BCUT2D eigenvalue weighted by Gasteiger charge is 2.20. The summed E-state index contributed by atoms with van der Waals surface area (Å²) in [5.74, 6) is -1.01. The van der Waals surface area contributed by atoms with E-state index in [1.165, 1.54) is 12.1 Å². The van der Waals surface area contributed by atoms with Gasteiger partial charge in [0.1, 0.15) is 16.8 Å². The number of furan rings is 1. The molecule has 0 saturated heterocycles. The van der Waals surface area contributed by atoms with Gasteiger partial charge in [-0.3, -0.25) is 15.1 Å². The van der Waals surface area contributed by atoms with Gasteiger partial charge < -0.3 is 13.9 Å². The van der Waals surface area contributed by atoms with Gasteiger partial charge in [-0.1, -0.05) is 6.07 Å². The zero-order valence-corrected chi connectivity index (χ0v) is 9.90. The molecule has 0 bridgehead atoms. The molecule has 2 aromatic heterocycles. The zero-order valence-electron chi connectivity index (χ0n) is 9.90. The largest absolute Gasteiger partial charge is 0.433 e. The molecule has 0 saturated carbocycles. The molecule has 1 unspecified atom stereocenters. The Labute approximate surface area is 110 Å². The van der Waals surface area contributed by atoms with Gasteiger partial charge >= 0.3 is 11.6 Å².